The fraction of sp³-hybridized carbons (Fsp3) is 0.0769. The average molecular weight is 297 g/mol. The van der Waals surface area contributed by atoms with Gasteiger partial charge in [0.15, 0.2) is 7.85 Å². The number of rotatable bonds is 3. The summed E-state index contributed by atoms with van der Waals surface area (Å²) in [4.78, 5) is 28.1. The zero-order valence-corrected chi connectivity index (χ0v) is 12.4. The van der Waals surface area contributed by atoms with Crippen LogP contribution in [-0.4, -0.2) is 33.7 Å². The number of thiazole rings is 1. The third-order valence-electron chi connectivity index (χ3n) is 2.82. The number of aromatic nitrogens is 4. The van der Waals surface area contributed by atoms with Crippen LogP contribution in [0, 0.1) is 0 Å². The van der Waals surface area contributed by atoms with Gasteiger partial charge in [-0.25, -0.2) is 9.97 Å². The molecule has 0 bridgehead atoms. The minimum Gasteiger partial charge on any atom is -0.344 e. The minimum absolute atomic E-state index is 0.147. The molecule has 3 aromatic rings. The molecule has 0 radical (unpaired) electrons. The van der Waals surface area contributed by atoms with Crippen LogP contribution in [0.25, 0.3) is 21.3 Å². The quantitative estimate of drug-likeness (QED) is 0.701. The molecule has 3 heterocycles. The van der Waals surface area contributed by atoms with Crippen molar-refractivity contribution in [3.63, 3.8) is 0 Å². The van der Waals surface area contributed by atoms with Crippen LogP contribution in [0.2, 0.25) is 0 Å². The van der Waals surface area contributed by atoms with E-state index in [0.29, 0.717) is 5.82 Å². The van der Waals surface area contributed by atoms with E-state index in [1.165, 1.54) is 6.92 Å². The van der Waals surface area contributed by atoms with Gasteiger partial charge in [0.25, 0.3) is 0 Å². The number of aromatic amines is 1. The molecule has 0 saturated carbocycles. The molecule has 0 atom stereocenters. The number of H-pyrrole nitrogens is 1. The number of carbonyl (C=O) groups is 1. The molecule has 0 fully saturated rings. The Morgan fingerprint density at radius 2 is 2.24 bits per heavy atom. The maximum atomic E-state index is 11.1. The smallest absolute Gasteiger partial charge is 0.222 e. The molecular formula is C13H12BN5OS. The van der Waals surface area contributed by atoms with Crippen molar-refractivity contribution in [2.24, 2.45) is 0 Å². The van der Waals surface area contributed by atoms with Crippen molar-refractivity contribution in [1.29, 1.82) is 0 Å². The third kappa shape index (κ3) is 2.85. The number of hydrogen-bond donors (Lipinski definition) is 2. The van der Waals surface area contributed by atoms with Gasteiger partial charge in [-0.3, -0.25) is 9.78 Å². The van der Waals surface area contributed by atoms with Gasteiger partial charge in [-0.15, -0.1) is 11.3 Å². The van der Waals surface area contributed by atoms with Crippen molar-refractivity contribution in [2.45, 2.75) is 6.92 Å². The number of anilines is 1. The van der Waals surface area contributed by atoms with Gasteiger partial charge >= 0.3 is 0 Å². The highest BCUT2D eigenvalue weighted by atomic mass is 32.1. The van der Waals surface area contributed by atoms with Crippen LogP contribution >= 0.6 is 11.3 Å². The summed E-state index contributed by atoms with van der Waals surface area (Å²) < 4.78 is 0. The maximum absolute atomic E-state index is 11.1. The van der Waals surface area contributed by atoms with Crippen molar-refractivity contribution < 1.29 is 4.79 Å². The van der Waals surface area contributed by atoms with Gasteiger partial charge in [-0.2, -0.15) is 0 Å². The van der Waals surface area contributed by atoms with E-state index in [9.17, 15) is 4.79 Å². The van der Waals surface area contributed by atoms with E-state index >= 15 is 0 Å². The lowest BCUT2D eigenvalue weighted by Crippen LogP contribution is -2.07. The number of carbonyl (C=O) groups excluding carboxylic acids is 1. The van der Waals surface area contributed by atoms with E-state index < -0.39 is 0 Å². The summed E-state index contributed by atoms with van der Waals surface area (Å²) in [6.07, 6.45) is 5.16. The second-order valence-corrected chi connectivity index (χ2v) is 5.48. The van der Waals surface area contributed by atoms with Gasteiger partial charge in [0.1, 0.15) is 16.6 Å². The van der Waals surface area contributed by atoms with Crippen LogP contribution in [0.15, 0.2) is 30.7 Å². The molecule has 8 heteroatoms. The highest BCUT2D eigenvalue weighted by molar-refractivity contribution is 7.19. The van der Waals surface area contributed by atoms with Crippen molar-refractivity contribution in [1.82, 2.24) is 19.9 Å². The van der Waals surface area contributed by atoms with Gasteiger partial charge in [-0.05, 0) is 12.1 Å². The van der Waals surface area contributed by atoms with Crippen molar-refractivity contribution in [3.8, 4) is 21.3 Å². The lowest BCUT2D eigenvalue weighted by atomic mass is 10.0. The summed E-state index contributed by atoms with van der Waals surface area (Å²) in [5.74, 6) is 1.19. The van der Waals surface area contributed by atoms with E-state index in [2.05, 4.69) is 25.3 Å². The topological polar surface area (TPSA) is 83.6 Å². The highest BCUT2D eigenvalue weighted by Crippen LogP contribution is 2.29. The lowest BCUT2D eigenvalue weighted by molar-refractivity contribution is -0.114. The molecule has 0 aliphatic carbocycles. The zero-order chi connectivity index (χ0) is 14.8. The van der Waals surface area contributed by atoms with Crippen LogP contribution in [0.5, 0.6) is 0 Å². The van der Waals surface area contributed by atoms with E-state index in [1.54, 1.807) is 29.9 Å². The second kappa shape index (κ2) is 5.49. The molecule has 0 aliphatic rings. The van der Waals surface area contributed by atoms with E-state index in [1.807, 2.05) is 20.0 Å². The van der Waals surface area contributed by atoms with Gasteiger partial charge in [0.05, 0.1) is 4.88 Å². The van der Waals surface area contributed by atoms with Gasteiger partial charge in [0.2, 0.25) is 5.91 Å². The molecule has 6 nitrogen and oxygen atoms in total. The molecule has 0 aromatic carbocycles. The van der Waals surface area contributed by atoms with Crippen molar-refractivity contribution >= 4 is 36.5 Å². The van der Waals surface area contributed by atoms with E-state index in [4.69, 9.17) is 0 Å². The molecule has 3 rings (SSSR count). The molecule has 0 spiro atoms. The van der Waals surface area contributed by atoms with Crippen molar-refractivity contribution in [3.05, 3.63) is 30.7 Å². The van der Waals surface area contributed by atoms with Crippen LogP contribution in [0.1, 0.15) is 6.92 Å². The second-order valence-electron chi connectivity index (χ2n) is 4.48. The van der Waals surface area contributed by atoms with Gasteiger partial charge < -0.3 is 10.3 Å². The van der Waals surface area contributed by atoms with Crippen LogP contribution in [-0.2, 0) is 4.79 Å². The number of hydrogen-bond acceptors (Lipinski definition) is 5. The molecule has 1 amide bonds. The SMILES string of the molecule is Bc1nc(-c2ccnc(NC(C)=O)c2)sc1-c1ncc[nH]1. The predicted octanol–water partition coefficient (Wildman–Crippen LogP) is 0.812. The summed E-state index contributed by atoms with van der Waals surface area (Å²) in [5, 5.41) is 3.54. The lowest BCUT2D eigenvalue weighted by Gasteiger charge is -2.02. The average Bonchev–Trinajstić information content (AvgIpc) is 3.07. The summed E-state index contributed by atoms with van der Waals surface area (Å²) in [6, 6.07) is 3.68. The number of pyridine rings is 1. The first kappa shape index (κ1) is 13.5. The van der Waals surface area contributed by atoms with Crippen molar-refractivity contribution in [2.75, 3.05) is 5.32 Å². The van der Waals surface area contributed by atoms with E-state index in [0.717, 1.165) is 26.9 Å². The largest absolute Gasteiger partial charge is 0.344 e. The Balaban J connectivity index is 1.98. The maximum Gasteiger partial charge on any atom is 0.222 e. The van der Waals surface area contributed by atoms with Gasteiger partial charge in [0, 0.05) is 36.7 Å². The molecule has 0 saturated heterocycles. The Kier molecular flexibility index (Phi) is 3.53. The summed E-state index contributed by atoms with van der Waals surface area (Å²) in [5.41, 5.74) is 1.84. The number of nitrogens with one attached hydrogen (secondary N) is 2. The number of imidazole rings is 1. The first-order valence-corrected chi connectivity index (χ1v) is 7.16. The molecule has 0 unspecified atom stereocenters. The standard InChI is InChI=1S/C13H12BN5OS/c1-7(20)18-9-6-8(2-3-15-9)13-19-11(14)10(21-13)12-16-4-5-17-12/h2-6H,14H2,1H3,(H,16,17)(H,15,18,20). The Morgan fingerprint density at radius 1 is 1.38 bits per heavy atom. The summed E-state index contributed by atoms with van der Waals surface area (Å²) in [7, 11) is 1.95. The molecule has 104 valence electrons. The summed E-state index contributed by atoms with van der Waals surface area (Å²) >= 11 is 1.55. The molecule has 0 aliphatic heterocycles. The van der Waals surface area contributed by atoms with Crippen LogP contribution < -0.4 is 10.9 Å². The zero-order valence-electron chi connectivity index (χ0n) is 11.5. The molecular weight excluding hydrogens is 285 g/mol. The predicted molar refractivity (Wildman–Crippen MR) is 85.4 cm³/mol. The molecule has 21 heavy (non-hydrogen) atoms. The highest BCUT2D eigenvalue weighted by Gasteiger charge is 2.13. The Labute approximate surface area is 126 Å². The Bertz CT molecular complexity index is 784. The minimum atomic E-state index is -0.147. The molecule has 2 N–H and O–H groups in total. The first-order valence-electron chi connectivity index (χ1n) is 6.34. The Hall–Kier alpha value is -2.48. The number of nitrogens with zero attached hydrogens (tertiary/aromatic N) is 3. The summed E-state index contributed by atoms with van der Waals surface area (Å²) in [6.45, 7) is 1.46. The monoisotopic (exact) mass is 297 g/mol. The van der Waals surface area contributed by atoms with Crippen LogP contribution in [0.4, 0.5) is 5.82 Å². The third-order valence-corrected chi connectivity index (χ3v) is 4.03. The normalized spacial score (nSPS) is 10.5. The first-order chi connectivity index (χ1) is 10.1. The van der Waals surface area contributed by atoms with Crippen LogP contribution in [0.3, 0.4) is 0 Å². The fourth-order valence-electron chi connectivity index (χ4n) is 1.94. The molecule has 3 aromatic heterocycles. The van der Waals surface area contributed by atoms with Gasteiger partial charge in [-0.1, -0.05) is 0 Å². The number of amides is 1. The fourth-order valence-corrected chi connectivity index (χ4v) is 2.96. The van der Waals surface area contributed by atoms with E-state index in [-0.39, 0.29) is 5.91 Å². The Morgan fingerprint density at radius 3 is 2.95 bits per heavy atom.